The Morgan fingerprint density at radius 1 is 1.21 bits per heavy atom. The van der Waals surface area contributed by atoms with Crippen LogP contribution in [-0.2, 0) is 0 Å². The van der Waals surface area contributed by atoms with Crippen molar-refractivity contribution in [3.63, 3.8) is 0 Å². The average molecular weight is 256 g/mol. The van der Waals surface area contributed by atoms with Crippen LogP contribution in [0.2, 0.25) is 0 Å². The molecular formula is C14H16N4O. The lowest BCUT2D eigenvalue weighted by atomic mass is 10.2. The van der Waals surface area contributed by atoms with Crippen molar-refractivity contribution in [2.24, 2.45) is 0 Å². The molecule has 2 heterocycles. The molecule has 1 amide bonds. The number of carbonyl (C=O) groups excluding carboxylic acids is 1. The molecule has 2 aromatic rings. The lowest BCUT2D eigenvalue weighted by molar-refractivity contribution is 0.102. The second-order valence-corrected chi connectivity index (χ2v) is 4.14. The molecule has 0 fully saturated rings. The zero-order valence-electron chi connectivity index (χ0n) is 11.0. The van der Waals surface area contributed by atoms with Crippen molar-refractivity contribution >= 4 is 17.5 Å². The maximum atomic E-state index is 12.0. The number of aromatic nitrogens is 2. The van der Waals surface area contributed by atoms with Gasteiger partial charge in [-0.15, -0.1) is 0 Å². The summed E-state index contributed by atoms with van der Waals surface area (Å²) in [5.41, 5.74) is 1.55. The number of carbonyl (C=O) groups is 1. The molecule has 0 atom stereocenters. The topological polar surface area (TPSA) is 66.9 Å². The third-order valence-corrected chi connectivity index (χ3v) is 2.54. The number of nitrogens with one attached hydrogen (secondary N) is 2. The van der Waals surface area contributed by atoms with Crippen LogP contribution in [0.4, 0.5) is 11.6 Å². The second kappa shape index (κ2) is 5.95. The Bertz CT molecular complexity index is 566. The molecule has 0 bridgehead atoms. The van der Waals surface area contributed by atoms with E-state index in [1.54, 1.807) is 24.5 Å². The number of anilines is 2. The molecule has 0 aromatic carbocycles. The maximum Gasteiger partial charge on any atom is 0.258 e. The summed E-state index contributed by atoms with van der Waals surface area (Å²) in [6.45, 7) is 4.74. The molecule has 0 aliphatic carbocycles. The van der Waals surface area contributed by atoms with Crippen molar-refractivity contribution in [2.75, 3.05) is 17.2 Å². The van der Waals surface area contributed by atoms with E-state index < -0.39 is 0 Å². The van der Waals surface area contributed by atoms with Crippen LogP contribution in [0.25, 0.3) is 0 Å². The van der Waals surface area contributed by atoms with Crippen LogP contribution < -0.4 is 10.6 Å². The molecule has 0 radical (unpaired) electrons. The molecule has 0 saturated heterocycles. The second-order valence-electron chi connectivity index (χ2n) is 4.14. The summed E-state index contributed by atoms with van der Waals surface area (Å²) in [4.78, 5) is 20.2. The van der Waals surface area contributed by atoms with Gasteiger partial charge in [-0.05, 0) is 43.7 Å². The fourth-order valence-electron chi connectivity index (χ4n) is 1.61. The van der Waals surface area contributed by atoms with E-state index in [1.165, 1.54) is 0 Å². The molecule has 2 N–H and O–H groups in total. The van der Waals surface area contributed by atoms with Gasteiger partial charge in [0, 0.05) is 18.9 Å². The molecule has 2 rings (SSSR count). The summed E-state index contributed by atoms with van der Waals surface area (Å²) in [6, 6.07) is 7.21. The van der Waals surface area contributed by atoms with E-state index in [9.17, 15) is 4.79 Å². The van der Waals surface area contributed by atoms with Gasteiger partial charge in [-0.25, -0.2) is 9.97 Å². The van der Waals surface area contributed by atoms with Crippen molar-refractivity contribution in [1.82, 2.24) is 9.97 Å². The van der Waals surface area contributed by atoms with Gasteiger partial charge in [-0.2, -0.15) is 0 Å². The zero-order chi connectivity index (χ0) is 13.7. The normalized spacial score (nSPS) is 10.0. The summed E-state index contributed by atoms with van der Waals surface area (Å²) in [6.07, 6.45) is 3.21. The largest absolute Gasteiger partial charge is 0.370 e. The van der Waals surface area contributed by atoms with E-state index in [-0.39, 0.29) is 5.91 Å². The highest BCUT2D eigenvalue weighted by Gasteiger charge is 2.07. The lowest BCUT2D eigenvalue weighted by Crippen LogP contribution is -2.13. The molecule has 98 valence electrons. The maximum absolute atomic E-state index is 12.0. The van der Waals surface area contributed by atoms with E-state index in [0.717, 1.165) is 17.9 Å². The molecule has 19 heavy (non-hydrogen) atoms. The smallest absolute Gasteiger partial charge is 0.258 e. The molecule has 0 saturated carbocycles. The quantitative estimate of drug-likeness (QED) is 0.881. The van der Waals surface area contributed by atoms with E-state index >= 15 is 0 Å². The van der Waals surface area contributed by atoms with E-state index in [0.29, 0.717) is 11.4 Å². The van der Waals surface area contributed by atoms with Crippen molar-refractivity contribution in [3.05, 3.63) is 47.8 Å². The molecule has 5 heteroatoms. The third-order valence-electron chi connectivity index (χ3n) is 2.54. The Morgan fingerprint density at radius 2 is 2.05 bits per heavy atom. The highest BCUT2D eigenvalue weighted by Crippen LogP contribution is 2.09. The van der Waals surface area contributed by atoms with Gasteiger partial charge in [0.2, 0.25) is 0 Å². The Kier molecular flexibility index (Phi) is 4.07. The Morgan fingerprint density at radius 3 is 2.68 bits per heavy atom. The van der Waals surface area contributed by atoms with Crippen molar-refractivity contribution in [2.45, 2.75) is 13.8 Å². The summed E-state index contributed by atoms with van der Waals surface area (Å²) in [5, 5.41) is 5.82. The van der Waals surface area contributed by atoms with Gasteiger partial charge in [-0.3, -0.25) is 4.79 Å². The van der Waals surface area contributed by atoms with Crippen LogP contribution in [-0.4, -0.2) is 22.4 Å². The number of hydrogen-bond donors (Lipinski definition) is 2. The van der Waals surface area contributed by atoms with E-state index in [4.69, 9.17) is 0 Å². The first-order valence-electron chi connectivity index (χ1n) is 6.13. The highest BCUT2D eigenvalue weighted by atomic mass is 16.1. The minimum Gasteiger partial charge on any atom is -0.370 e. The number of aryl methyl sites for hydroxylation is 1. The van der Waals surface area contributed by atoms with Crippen molar-refractivity contribution in [1.29, 1.82) is 0 Å². The number of hydrogen-bond acceptors (Lipinski definition) is 4. The summed E-state index contributed by atoms with van der Waals surface area (Å²) < 4.78 is 0. The average Bonchev–Trinajstić information content (AvgIpc) is 2.40. The Balaban J connectivity index is 2.07. The third kappa shape index (κ3) is 3.51. The van der Waals surface area contributed by atoms with Crippen LogP contribution in [0, 0.1) is 6.92 Å². The van der Waals surface area contributed by atoms with Crippen molar-refractivity contribution in [3.8, 4) is 0 Å². The predicted molar refractivity (Wildman–Crippen MR) is 75.3 cm³/mol. The molecule has 0 aliphatic heterocycles. The van der Waals surface area contributed by atoms with E-state index in [2.05, 4.69) is 20.6 Å². The van der Waals surface area contributed by atoms with Crippen LogP contribution in [0.5, 0.6) is 0 Å². The zero-order valence-corrected chi connectivity index (χ0v) is 11.0. The SMILES string of the molecule is CCNc1ccc(C(=O)Nc2cc(C)ccn2)cn1. The summed E-state index contributed by atoms with van der Waals surface area (Å²) in [5.74, 6) is 1.09. The van der Waals surface area contributed by atoms with Gasteiger partial charge in [-0.1, -0.05) is 0 Å². The van der Waals surface area contributed by atoms with E-state index in [1.807, 2.05) is 26.0 Å². The van der Waals surface area contributed by atoms with Crippen LogP contribution >= 0.6 is 0 Å². The standard InChI is InChI=1S/C14H16N4O/c1-3-15-12-5-4-11(9-17-12)14(19)18-13-8-10(2)6-7-16-13/h4-9H,3H2,1-2H3,(H,15,17)(H,16,18,19). The molecule has 5 nitrogen and oxygen atoms in total. The number of nitrogens with zero attached hydrogens (tertiary/aromatic N) is 2. The highest BCUT2D eigenvalue weighted by molar-refractivity contribution is 6.03. The summed E-state index contributed by atoms with van der Waals surface area (Å²) in [7, 11) is 0. The van der Waals surface area contributed by atoms with Gasteiger partial charge in [0.15, 0.2) is 0 Å². The minimum absolute atomic E-state index is 0.214. The molecule has 0 unspecified atom stereocenters. The monoisotopic (exact) mass is 256 g/mol. The van der Waals surface area contributed by atoms with Crippen molar-refractivity contribution < 1.29 is 4.79 Å². The van der Waals surface area contributed by atoms with Crippen LogP contribution in [0.3, 0.4) is 0 Å². The molecule has 2 aromatic heterocycles. The number of pyridine rings is 2. The Labute approximate surface area is 112 Å². The fourth-order valence-corrected chi connectivity index (χ4v) is 1.61. The molecule has 0 aliphatic rings. The number of rotatable bonds is 4. The first-order chi connectivity index (χ1) is 9.19. The van der Waals surface area contributed by atoms with Gasteiger partial charge < -0.3 is 10.6 Å². The van der Waals surface area contributed by atoms with Gasteiger partial charge in [0.25, 0.3) is 5.91 Å². The fraction of sp³-hybridized carbons (Fsp3) is 0.214. The van der Waals surface area contributed by atoms with Gasteiger partial charge in [0.05, 0.1) is 5.56 Å². The molecular weight excluding hydrogens is 240 g/mol. The van der Waals surface area contributed by atoms with Gasteiger partial charge >= 0.3 is 0 Å². The van der Waals surface area contributed by atoms with Crippen LogP contribution in [0.15, 0.2) is 36.7 Å². The molecule has 0 spiro atoms. The van der Waals surface area contributed by atoms with Crippen LogP contribution in [0.1, 0.15) is 22.8 Å². The first-order valence-corrected chi connectivity index (χ1v) is 6.13. The first kappa shape index (κ1) is 13.0. The predicted octanol–water partition coefficient (Wildman–Crippen LogP) is 2.47. The lowest BCUT2D eigenvalue weighted by Gasteiger charge is -2.06. The number of amides is 1. The summed E-state index contributed by atoms with van der Waals surface area (Å²) >= 11 is 0. The van der Waals surface area contributed by atoms with Gasteiger partial charge in [0.1, 0.15) is 11.6 Å². The minimum atomic E-state index is -0.214. The Hall–Kier alpha value is -2.43.